The summed E-state index contributed by atoms with van der Waals surface area (Å²) in [5.74, 6) is -0.983. The van der Waals surface area contributed by atoms with Crippen LogP contribution in [0.15, 0.2) is 23.5 Å². The Morgan fingerprint density at radius 2 is 2.00 bits per heavy atom. The lowest BCUT2D eigenvalue weighted by Crippen LogP contribution is -2.55. The molecule has 0 aromatic carbocycles. The van der Waals surface area contributed by atoms with E-state index < -0.39 is 48.8 Å². The Balaban J connectivity index is 3.32. The molecule has 1 unspecified atom stereocenters. The van der Waals surface area contributed by atoms with Crippen molar-refractivity contribution in [3.05, 3.63) is 33.7 Å². The Kier molecular flexibility index (Phi) is 4.77. The smallest absolute Gasteiger partial charge is 0.272 e. The topological polar surface area (TPSA) is 153 Å². The first kappa shape index (κ1) is 17.6. The van der Waals surface area contributed by atoms with E-state index in [0.717, 1.165) is 18.5 Å². The molecule has 0 aromatic heterocycles. The molecule has 0 saturated heterocycles. The summed E-state index contributed by atoms with van der Waals surface area (Å²) in [6.07, 6.45) is 2.94. The van der Waals surface area contributed by atoms with Crippen LogP contribution in [0, 0.1) is 10.1 Å². The maximum Gasteiger partial charge on any atom is 0.272 e. The van der Waals surface area contributed by atoms with E-state index in [0.29, 0.717) is 0 Å². The number of dihydropyridines is 1. The lowest BCUT2D eigenvalue weighted by Gasteiger charge is -2.34. The third-order valence-electron chi connectivity index (χ3n) is 2.85. The lowest BCUT2D eigenvalue weighted by molar-refractivity contribution is -0.421. The molecule has 0 radical (unpaired) electrons. The van der Waals surface area contributed by atoms with Gasteiger partial charge in [0.15, 0.2) is 0 Å². The molecule has 1 aliphatic heterocycles. The molecule has 120 valence electrons. The Bertz CT molecular complexity index is 706. The number of nitrogens with one attached hydrogen (secondary N) is 1. The largest absolute Gasteiger partial charge is 0.378 e. The van der Waals surface area contributed by atoms with Crippen LogP contribution in [0.5, 0.6) is 0 Å². The fourth-order valence-electron chi connectivity index (χ4n) is 1.82. The van der Waals surface area contributed by atoms with Gasteiger partial charge in [-0.05, 0) is 6.92 Å². The highest BCUT2D eigenvalue weighted by Gasteiger charge is 2.43. The molecule has 0 fully saturated rings. The molecule has 0 aliphatic carbocycles. The zero-order valence-corrected chi connectivity index (χ0v) is 12.8. The van der Waals surface area contributed by atoms with Crippen molar-refractivity contribution in [2.45, 2.75) is 12.5 Å². The molecule has 0 saturated carbocycles. The molecule has 0 spiro atoms. The van der Waals surface area contributed by atoms with Gasteiger partial charge in [-0.3, -0.25) is 18.9 Å². The Labute approximate surface area is 121 Å². The fraction of sp³-hybridized carbons (Fsp3) is 0.556. The van der Waals surface area contributed by atoms with Crippen LogP contribution in [0.4, 0.5) is 0 Å². The number of nitro groups is 1. The van der Waals surface area contributed by atoms with Gasteiger partial charge in [-0.2, -0.15) is 16.8 Å². The van der Waals surface area contributed by atoms with Gasteiger partial charge in [0.05, 0.1) is 17.8 Å². The molecule has 12 heteroatoms. The molecule has 0 amide bonds. The van der Waals surface area contributed by atoms with E-state index in [9.17, 15) is 26.9 Å². The second-order valence-corrected chi connectivity index (χ2v) is 7.62. The van der Waals surface area contributed by atoms with Crippen LogP contribution in [-0.4, -0.2) is 50.5 Å². The summed E-state index contributed by atoms with van der Waals surface area (Å²) in [5, 5.41) is 13.4. The molecule has 1 rings (SSSR count). The van der Waals surface area contributed by atoms with Gasteiger partial charge in [0, 0.05) is 17.8 Å². The van der Waals surface area contributed by atoms with Crippen molar-refractivity contribution in [2.24, 2.45) is 0 Å². The zero-order valence-electron chi connectivity index (χ0n) is 11.1. The predicted molar refractivity (Wildman–Crippen MR) is 71.9 cm³/mol. The minimum absolute atomic E-state index is 0.0729. The van der Waals surface area contributed by atoms with E-state index in [4.69, 9.17) is 4.55 Å². The molecular formula is C9H14N2O8S2. The lowest BCUT2D eigenvalue weighted by atomic mass is 9.90. The summed E-state index contributed by atoms with van der Waals surface area (Å²) in [4.78, 5) is 10.2. The minimum atomic E-state index is -4.56. The van der Waals surface area contributed by atoms with E-state index in [2.05, 4.69) is 9.50 Å². The Morgan fingerprint density at radius 3 is 2.43 bits per heavy atom. The van der Waals surface area contributed by atoms with Crippen molar-refractivity contribution in [1.82, 2.24) is 5.32 Å². The maximum atomic E-state index is 11.1. The highest BCUT2D eigenvalue weighted by molar-refractivity contribution is 7.86. The van der Waals surface area contributed by atoms with Gasteiger partial charge in [-0.1, -0.05) is 0 Å². The molecule has 21 heavy (non-hydrogen) atoms. The predicted octanol–water partition coefficient (Wildman–Crippen LogP) is -0.743. The number of nitrogens with zero attached hydrogens (tertiary/aromatic N) is 1. The third-order valence-corrected chi connectivity index (χ3v) is 4.25. The SMILES string of the molecule is CC1=C([N+](=O)[O-])C=CNC1(COS(C)(=O)=O)CS(=O)(=O)O. The highest BCUT2D eigenvalue weighted by Crippen LogP contribution is 2.27. The fourth-order valence-corrected chi connectivity index (χ4v) is 3.24. The van der Waals surface area contributed by atoms with Gasteiger partial charge in [0.25, 0.3) is 25.9 Å². The van der Waals surface area contributed by atoms with Gasteiger partial charge in [-0.15, -0.1) is 0 Å². The van der Waals surface area contributed by atoms with Gasteiger partial charge >= 0.3 is 0 Å². The van der Waals surface area contributed by atoms with Crippen LogP contribution in [0.25, 0.3) is 0 Å². The van der Waals surface area contributed by atoms with Crippen molar-refractivity contribution < 1.29 is 30.5 Å². The van der Waals surface area contributed by atoms with Gasteiger partial charge in [-0.25, -0.2) is 0 Å². The standard InChI is InChI=1S/C9H14N2O8S2/c1-7-8(11(12)13)3-4-10-9(7,6-21(16,17)18)5-19-20(2,14)15/h3-4,10H,5-6H2,1-2H3,(H,16,17,18). The first-order valence-corrected chi connectivity index (χ1v) is 8.88. The van der Waals surface area contributed by atoms with Crippen molar-refractivity contribution >= 4 is 20.2 Å². The van der Waals surface area contributed by atoms with E-state index in [1.165, 1.54) is 6.92 Å². The van der Waals surface area contributed by atoms with E-state index in [1.807, 2.05) is 0 Å². The first-order valence-electron chi connectivity index (χ1n) is 5.46. The number of hydrogen-bond acceptors (Lipinski definition) is 8. The minimum Gasteiger partial charge on any atom is -0.378 e. The van der Waals surface area contributed by atoms with Crippen molar-refractivity contribution in [1.29, 1.82) is 0 Å². The molecule has 1 atom stereocenters. The third kappa shape index (κ3) is 4.77. The maximum absolute atomic E-state index is 11.1. The number of rotatable bonds is 6. The van der Waals surface area contributed by atoms with Crippen LogP contribution in [0.2, 0.25) is 0 Å². The molecule has 2 N–H and O–H groups in total. The number of allylic oxidation sites excluding steroid dienone is 1. The van der Waals surface area contributed by atoms with Crippen molar-refractivity contribution in [3.8, 4) is 0 Å². The van der Waals surface area contributed by atoms with E-state index >= 15 is 0 Å². The van der Waals surface area contributed by atoms with Crippen molar-refractivity contribution in [3.63, 3.8) is 0 Å². The van der Waals surface area contributed by atoms with Gasteiger partial charge in [0.1, 0.15) is 11.3 Å². The molecule has 1 aliphatic rings. The molecule has 0 bridgehead atoms. The Hall–Kier alpha value is -1.50. The highest BCUT2D eigenvalue weighted by atomic mass is 32.2. The average molecular weight is 342 g/mol. The zero-order chi connectivity index (χ0) is 16.5. The summed E-state index contributed by atoms with van der Waals surface area (Å²) >= 11 is 0. The molecular weight excluding hydrogens is 328 g/mol. The average Bonchev–Trinajstić information content (AvgIpc) is 2.26. The van der Waals surface area contributed by atoms with E-state index in [-0.39, 0.29) is 5.57 Å². The normalized spacial score (nSPS) is 23.0. The van der Waals surface area contributed by atoms with Gasteiger partial charge in [0.2, 0.25) is 0 Å². The molecule has 1 heterocycles. The summed E-state index contributed by atoms with van der Waals surface area (Å²) in [6, 6.07) is 0. The molecule has 0 aromatic rings. The Morgan fingerprint density at radius 1 is 1.43 bits per heavy atom. The van der Waals surface area contributed by atoms with Crippen LogP contribution >= 0.6 is 0 Å². The van der Waals surface area contributed by atoms with Crippen LogP contribution in [-0.2, 0) is 24.4 Å². The van der Waals surface area contributed by atoms with Crippen LogP contribution in [0.1, 0.15) is 6.92 Å². The van der Waals surface area contributed by atoms with Crippen LogP contribution in [0.3, 0.4) is 0 Å². The quantitative estimate of drug-likeness (QED) is 0.275. The summed E-state index contributed by atoms with van der Waals surface area (Å²) in [7, 11) is -8.47. The first-order chi connectivity index (χ1) is 9.36. The van der Waals surface area contributed by atoms with E-state index in [1.54, 1.807) is 0 Å². The van der Waals surface area contributed by atoms with Gasteiger partial charge < -0.3 is 5.32 Å². The summed E-state index contributed by atoms with van der Waals surface area (Å²) in [5.41, 5.74) is -2.24. The monoisotopic (exact) mass is 342 g/mol. The second kappa shape index (κ2) is 5.71. The second-order valence-electron chi connectivity index (χ2n) is 4.52. The van der Waals surface area contributed by atoms with Crippen molar-refractivity contribution in [2.75, 3.05) is 18.6 Å². The summed E-state index contributed by atoms with van der Waals surface area (Å²) < 4.78 is 58.0. The van der Waals surface area contributed by atoms with Crippen LogP contribution < -0.4 is 5.32 Å². The number of hydrogen-bond donors (Lipinski definition) is 2. The summed E-state index contributed by atoms with van der Waals surface area (Å²) in [6.45, 7) is 0.532. The molecule has 10 nitrogen and oxygen atoms in total.